The lowest BCUT2D eigenvalue weighted by Gasteiger charge is -2.23. The Morgan fingerprint density at radius 1 is 1.35 bits per heavy atom. The monoisotopic (exact) mass is 299 g/mol. The molecule has 0 spiro atoms. The normalized spacial score (nSPS) is 27.0. The Labute approximate surface area is 117 Å². The number of hydrogen-bond donors (Lipinski definition) is 0. The SMILES string of the molecule is Cc1cc(C(=O)N2CC[C@H]3[C@H]2CCN3S(C)(=O)=O)no1. The number of likely N-dealkylation sites (tertiary alicyclic amines) is 1. The molecule has 2 atom stereocenters. The van der Waals surface area contributed by atoms with Gasteiger partial charge in [-0.1, -0.05) is 5.16 Å². The number of nitrogens with zero attached hydrogens (tertiary/aromatic N) is 3. The number of carbonyl (C=O) groups is 1. The maximum Gasteiger partial charge on any atom is 0.276 e. The van der Waals surface area contributed by atoms with Gasteiger partial charge in [0, 0.05) is 25.2 Å². The first-order chi connectivity index (χ1) is 9.38. The highest BCUT2D eigenvalue weighted by Gasteiger charge is 2.47. The van der Waals surface area contributed by atoms with Crippen LogP contribution in [-0.2, 0) is 10.0 Å². The zero-order valence-electron chi connectivity index (χ0n) is 11.4. The number of amides is 1. The molecule has 3 heterocycles. The van der Waals surface area contributed by atoms with Crippen LogP contribution in [0.15, 0.2) is 10.6 Å². The van der Waals surface area contributed by atoms with Crippen molar-refractivity contribution in [3.05, 3.63) is 17.5 Å². The van der Waals surface area contributed by atoms with E-state index in [0.717, 1.165) is 0 Å². The van der Waals surface area contributed by atoms with E-state index in [-0.39, 0.29) is 18.0 Å². The van der Waals surface area contributed by atoms with Gasteiger partial charge in [-0.3, -0.25) is 4.79 Å². The number of rotatable bonds is 2. The summed E-state index contributed by atoms with van der Waals surface area (Å²) in [6.45, 7) is 2.78. The molecule has 1 amide bonds. The molecule has 3 rings (SSSR count). The molecular formula is C12H17N3O4S. The van der Waals surface area contributed by atoms with Crippen molar-refractivity contribution in [2.45, 2.75) is 31.8 Å². The van der Waals surface area contributed by atoms with Crippen molar-refractivity contribution in [1.82, 2.24) is 14.4 Å². The minimum absolute atomic E-state index is 0.0470. The summed E-state index contributed by atoms with van der Waals surface area (Å²) in [7, 11) is -3.21. The van der Waals surface area contributed by atoms with Gasteiger partial charge in [-0.2, -0.15) is 4.31 Å². The quantitative estimate of drug-likeness (QED) is 0.780. The van der Waals surface area contributed by atoms with E-state index < -0.39 is 10.0 Å². The van der Waals surface area contributed by atoms with Crippen molar-refractivity contribution in [3.8, 4) is 0 Å². The van der Waals surface area contributed by atoms with Crippen molar-refractivity contribution in [1.29, 1.82) is 0 Å². The molecule has 2 aliphatic heterocycles. The van der Waals surface area contributed by atoms with Gasteiger partial charge in [0.15, 0.2) is 5.69 Å². The zero-order valence-corrected chi connectivity index (χ0v) is 12.3. The lowest BCUT2D eigenvalue weighted by Crippen LogP contribution is -2.41. The lowest BCUT2D eigenvalue weighted by molar-refractivity contribution is 0.0724. The summed E-state index contributed by atoms with van der Waals surface area (Å²) in [6, 6.07) is 1.47. The second kappa shape index (κ2) is 4.56. The number of fused-ring (bicyclic) bond motifs is 1. The van der Waals surface area contributed by atoms with Crippen LogP contribution in [0.3, 0.4) is 0 Å². The van der Waals surface area contributed by atoms with E-state index in [1.54, 1.807) is 17.9 Å². The molecule has 0 bridgehead atoms. The summed E-state index contributed by atoms with van der Waals surface area (Å²) >= 11 is 0. The number of aromatic nitrogens is 1. The molecule has 2 saturated heterocycles. The Bertz CT molecular complexity index is 639. The zero-order chi connectivity index (χ0) is 14.5. The van der Waals surface area contributed by atoms with Crippen LogP contribution in [0.2, 0.25) is 0 Å². The molecule has 8 heteroatoms. The number of carbonyl (C=O) groups excluding carboxylic acids is 1. The molecule has 2 fully saturated rings. The first-order valence-corrected chi connectivity index (χ1v) is 8.44. The lowest BCUT2D eigenvalue weighted by atomic mass is 10.1. The fraction of sp³-hybridized carbons (Fsp3) is 0.667. The smallest absolute Gasteiger partial charge is 0.276 e. The fourth-order valence-electron chi connectivity index (χ4n) is 3.22. The number of sulfonamides is 1. The summed E-state index contributed by atoms with van der Waals surface area (Å²) in [5, 5.41) is 3.74. The van der Waals surface area contributed by atoms with E-state index in [4.69, 9.17) is 4.52 Å². The summed E-state index contributed by atoms with van der Waals surface area (Å²) in [5.74, 6) is 0.415. The van der Waals surface area contributed by atoms with Crippen molar-refractivity contribution in [2.75, 3.05) is 19.3 Å². The third-order valence-corrected chi connectivity index (χ3v) is 5.36. The molecule has 0 unspecified atom stereocenters. The summed E-state index contributed by atoms with van der Waals surface area (Å²) < 4.78 is 29.9. The molecule has 1 aromatic heterocycles. The molecule has 110 valence electrons. The molecule has 0 saturated carbocycles. The van der Waals surface area contributed by atoms with Crippen LogP contribution < -0.4 is 0 Å². The van der Waals surface area contributed by atoms with E-state index in [9.17, 15) is 13.2 Å². The van der Waals surface area contributed by atoms with Crippen LogP contribution in [0.4, 0.5) is 0 Å². The van der Waals surface area contributed by atoms with Crippen LogP contribution in [0, 0.1) is 6.92 Å². The van der Waals surface area contributed by atoms with Gasteiger partial charge >= 0.3 is 0 Å². The van der Waals surface area contributed by atoms with Gasteiger partial charge in [0.1, 0.15) is 5.76 Å². The van der Waals surface area contributed by atoms with Gasteiger partial charge in [-0.15, -0.1) is 0 Å². The van der Waals surface area contributed by atoms with Gasteiger partial charge in [-0.25, -0.2) is 8.42 Å². The molecule has 7 nitrogen and oxygen atoms in total. The highest BCUT2D eigenvalue weighted by molar-refractivity contribution is 7.88. The first-order valence-electron chi connectivity index (χ1n) is 6.59. The second-order valence-corrected chi connectivity index (χ2v) is 7.34. The molecule has 0 aromatic carbocycles. The molecule has 0 aliphatic carbocycles. The van der Waals surface area contributed by atoms with Gasteiger partial charge < -0.3 is 9.42 Å². The maximum atomic E-state index is 12.4. The van der Waals surface area contributed by atoms with Gasteiger partial charge in [0.2, 0.25) is 10.0 Å². The van der Waals surface area contributed by atoms with Gasteiger partial charge in [-0.05, 0) is 19.8 Å². The minimum atomic E-state index is -3.21. The largest absolute Gasteiger partial charge is 0.361 e. The van der Waals surface area contributed by atoms with Crippen molar-refractivity contribution < 1.29 is 17.7 Å². The maximum absolute atomic E-state index is 12.4. The predicted molar refractivity (Wildman–Crippen MR) is 70.6 cm³/mol. The minimum Gasteiger partial charge on any atom is -0.361 e. The third kappa shape index (κ3) is 2.12. The Hall–Kier alpha value is -1.41. The van der Waals surface area contributed by atoms with E-state index in [2.05, 4.69) is 5.16 Å². The number of hydrogen-bond acceptors (Lipinski definition) is 5. The number of aryl methyl sites for hydroxylation is 1. The van der Waals surface area contributed by atoms with Crippen LogP contribution in [0.5, 0.6) is 0 Å². The Morgan fingerprint density at radius 3 is 2.65 bits per heavy atom. The predicted octanol–water partition coefficient (Wildman–Crippen LogP) is 0.231. The van der Waals surface area contributed by atoms with E-state index >= 15 is 0 Å². The molecule has 0 radical (unpaired) electrons. The Morgan fingerprint density at radius 2 is 2.05 bits per heavy atom. The van der Waals surface area contributed by atoms with Crippen molar-refractivity contribution in [2.24, 2.45) is 0 Å². The van der Waals surface area contributed by atoms with E-state index in [1.165, 1.54) is 10.6 Å². The van der Waals surface area contributed by atoms with Crippen molar-refractivity contribution in [3.63, 3.8) is 0 Å². The Kier molecular flexibility index (Phi) is 3.09. The fourth-order valence-corrected chi connectivity index (χ4v) is 4.40. The molecule has 0 N–H and O–H groups in total. The third-order valence-electron chi connectivity index (χ3n) is 4.06. The standard InChI is InChI=1S/C12H17N3O4S/c1-8-7-9(13-19-8)12(16)14-5-3-11-10(14)4-6-15(11)20(2,17)18/h7,10-11H,3-6H2,1-2H3/t10-,11+/m1/s1. The highest BCUT2D eigenvalue weighted by atomic mass is 32.2. The van der Waals surface area contributed by atoms with Gasteiger partial charge in [0.25, 0.3) is 5.91 Å². The molecular weight excluding hydrogens is 282 g/mol. The highest BCUT2D eigenvalue weighted by Crippen LogP contribution is 2.33. The average molecular weight is 299 g/mol. The Balaban J connectivity index is 1.80. The summed E-state index contributed by atoms with van der Waals surface area (Å²) in [5.41, 5.74) is 0.293. The molecule has 20 heavy (non-hydrogen) atoms. The van der Waals surface area contributed by atoms with Crippen molar-refractivity contribution >= 4 is 15.9 Å². The van der Waals surface area contributed by atoms with Crippen LogP contribution in [-0.4, -0.2) is 60.1 Å². The van der Waals surface area contributed by atoms with Crippen LogP contribution in [0.1, 0.15) is 29.1 Å². The van der Waals surface area contributed by atoms with Crippen LogP contribution in [0.25, 0.3) is 0 Å². The average Bonchev–Trinajstić information content (AvgIpc) is 3.00. The van der Waals surface area contributed by atoms with E-state index in [0.29, 0.717) is 37.4 Å². The molecule has 2 aliphatic rings. The van der Waals surface area contributed by atoms with Gasteiger partial charge in [0.05, 0.1) is 12.3 Å². The molecule has 1 aromatic rings. The first kappa shape index (κ1) is 13.6. The van der Waals surface area contributed by atoms with Crippen LogP contribution >= 0.6 is 0 Å². The van der Waals surface area contributed by atoms with E-state index in [1.807, 2.05) is 0 Å². The topological polar surface area (TPSA) is 83.7 Å². The summed E-state index contributed by atoms with van der Waals surface area (Å²) in [6.07, 6.45) is 2.58. The second-order valence-electron chi connectivity index (χ2n) is 5.41. The summed E-state index contributed by atoms with van der Waals surface area (Å²) in [4.78, 5) is 14.1.